The molecule has 2 heterocycles. The second kappa shape index (κ2) is 10.8. The molecule has 1 fully saturated rings. The minimum atomic E-state index is -0.899. The molecule has 0 aliphatic carbocycles. The monoisotopic (exact) mass is 605 g/mol. The molecule has 1 aromatic heterocycles. The first-order valence-corrected chi connectivity index (χ1v) is 13.5. The maximum atomic E-state index is 13.6. The third kappa shape index (κ3) is 5.01. The molecule has 1 aliphatic heterocycles. The highest BCUT2D eigenvalue weighted by Gasteiger charge is 2.37. The first kappa shape index (κ1) is 26.2. The number of rotatable bonds is 5. The average molecular weight is 606 g/mol. The number of anilines is 1. The lowest BCUT2D eigenvalue weighted by Crippen LogP contribution is -2.54. The predicted molar refractivity (Wildman–Crippen MR) is 160 cm³/mol. The Kier molecular flexibility index (Phi) is 6.91. The molecule has 0 radical (unpaired) electrons. The Labute approximate surface area is 243 Å². The minimum absolute atomic E-state index is 0.146. The van der Waals surface area contributed by atoms with E-state index >= 15 is 0 Å². The number of benzene rings is 4. The molecule has 41 heavy (non-hydrogen) atoms. The van der Waals surface area contributed by atoms with Gasteiger partial charge >= 0.3 is 6.03 Å². The van der Waals surface area contributed by atoms with Crippen LogP contribution in [0.5, 0.6) is 0 Å². The van der Waals surface area contributed by atoms with Crippen LogP contribution >= 0.6 is 15.9 Å². The number of amides is 4. The van der Waals surface area contributed by atoms with E-state index < -0.39 is 23.7 Å². The topological polar surface area (TPSA) is 71.4 Å². The molecular formula is C33H21BrFN3O3. The number of barbiturate groups is 1. The fourth-order valence-corrected chi connectivity index (χ4v) is 5.11. The number of aromatic nitrogens is 1. The number of carbonyl (C=O) groups is 3. The second-order valence-corrected chi connectivity index (χ2v) is 10.2. The van der Waals surface area contributed by atoms with Gasteiger partial charge in [0.15, 0.2) is 0 Å². The zero-order chi connectivity index (χ0) is 28.5. The smallest absolute Gasteiger partial charge is 0.309 e. The lowest BCUT2D eigenvalue weighted by Gasteiger charge is -2.26. The summed E-state index contributed by atoms with van der Waals surface area (Å²) in [6.07, 6.45) is 1.50. The van der Waals surface area contributed by atoms with Crippen molar-refractivity contribution in [3.63, 3.8) is 0 Å². The zero-order valence-corrected chi connectivity index (χ0v) is 23.0. The van der Waals surface area contributed by atoms with Crippen molar-refractivity contribution in [2.45, 2.75) is 0 Å². The van der Waals surface area contributed by atoms with Gasteiger partial charge < -0.3 is 4.57 Å². The summed E-state index contributed by atoms with van der Waals surface area (Å²) >= 11 is 3.51. The Bertz CT molecular complexity index is 1810. The Morgan fingerprint density at radius 3 is 1.93 bits per heavy atom. The lowest BCUT2D eigenvalue weighted by atomic mass is 10.0. The zero-order valence-electron chi connectivity index (χ0n) is 21.4. The summed E-state index contributed by atoms with van der Waals surface area (Å²) in [7, 11) is 0. The van der Waals surface area contributed by atoms with Crippen molar-refractivity contribution in [2.24, 2.45) is 0 Å². The quantitative estimate of drug-likeness (QED) is 0.168. The number of nitrogens with one attached hydrogen (secondary N) is 1. The van der Waals surface area contributed by atoms with E-state index in [1.807, 2.05) is 91.0 Å². The van der Waals surface area contributed by atoms with E-state index in [0.717, 1.165) is 49.7 Å². The van der Waals surface area contributed by atoms with E-state index in [0.29, 0.717) is 5.56 Å². The first-order chi connectivity index (χ1) is 19.9. The summed E-state index contributed by atoms with van der Waals surface area (Å²) in [5, 5.41) is 2.25. The molecule has 4 amide bonds. The summed E-state index contributed by atoms with van der Waals surface area (Å²) in [4.78, 5) is 40.2. The van der Waals surface area contributed by atoms with E-state index in [1.165, 1.54) is 18.2 Å². The fraction of sp³-hybridized carbons (Fsp3) is 0. The average Bonchev–Trinajstić information content (AvgIpc) is 3.36. The van der Waals surface area contributed by atoms with Crippen molar-refractivity contribution in [1.82, 2.24) is 9.88 Å². The summed E-state index contributed by atoms with van der Waals surface area (Å²) in [5.41, 5.74) is 4.79. The number of hydrogen-bond acceptors (Lipinski definition) is 3. The molecule has 8 heteroatoms. The van der Waals surface area contributed by atoms with Crippen LogP contribution in [0.25, 0.3) is 34.3 Å². The van der Waals surface area contributed by atoms with Crippen molar-refractivity contribution in [2.75, 3.05) is 4.90 Å². The maximum Gasteiger partial charge on any atom is 0.335 e. The Balaban J connectivity index is 1.59. The third-order valence-corrected chi connectivity index (χ3v) is 7.25. The highest BCUT2D eigenvalue weighted by atomic mass is 79.9. The van der Waals surface area contributed by atoms with Crippen LogP contribution in [0.2, 0.25) is 0 Å². The molecule has 5 aromatic rings. The van der Waals surface area contributed by atoms with Crippen molar-refractivity contribution < 1.29 is 18.8 Å². The van der Waals surface area contributed by atoms with Gasteiger partial charge in [-0.25, -0.2) is 14.1 Å². The van der Waals surface area contributed by atoms with Crippen molar-refractivity contribution in [3.8, 4) is 28.2 Å². The number of imide groups is 2. The molecule has 0 atom stereocenters. The van der Waals surface area contributed by atoms with Crippen molar-refractivity contribution in [1.29, 1.82) is 0 Å². The molecule has 1 aliphatic rings. The van der Waals surface area contributed by atoms with Crippen LogP contribution in [0.15, 0.2) is 125 Å². The third-order valence-electron chi connectivity index (χ3n) is 6.72. The van der Waals surface area contributed by atoms with Gasteiger partial charge in [-0.05, 0) is 71.8 Å². The molecule has 4 aromatic carbocycles. The van der Waals surface area contributed by atoms with Gasteiger partial charge in [0, 0.05) is 15.7 Å². The van der Waals surface area contributed by atoms with Gasteiger partial charge in [-0.1, -0.05) is 76.6 Å². The molecule has 6 nitrogen and oxygen atoms in total. The number of hydrogen-bond donors (Lipinski definition) is 1. The molecule has 0 saturated carbocycles. The van der Waals surface area contributed by atoms with Gasteiger partial charge in [-0.2, -0.15) is 0 Å². The molecule has 0 bridgehead atoms. The molecule has 200 valence electrons. The van der Waals surface area contributed by atoms with Crippen LogP contribution in [-0.2, 0) is 9.59 Å². The lowest BCUT2D eigenvalue weighted by molar-refractivity contribution is -0.122. The first-order valence-electron chi connectivity index (χ1n) is 12.7. The van der Waals surface area contributed by atoms with Gasteiger partial charge in [0.2, 0.25) is 0 Å². The largest absolute Gasteiger partial charge is 0.335 e. The van der Waals surface area contributed by atoms with Gasteiger partial charge in [0.25, 0.3) is 11.8 Å². The highest BCUT2D eigenvalue weighted by molar-refractivity contribution is 9.10. The van der Waals surface area contributed by atoms with Crippen LogP contribution in [0.4, 0.5) is 14.9 Å². The van der Waals surface area contributed by atoms with Crippen LogP contribution < -0.4 is 10.2 Å². The number of carbonyl (C=O) groups excluding carboxylic acids is 3. The Hall–Kier alpha value is -5.08. The van der Waals surface area contributed by atoms with Crippen LogP contribution in [0.3, 0.4) is 0 Å². The van der Waals surface area contributed by atoms with E-state index in [1.54, 1.807) is 0 Å². The summed E-state index contributed by atoms with van der Waals surface area (Å²) in [5.74, 6) is -2.13. The molecule has 1 saturated heterocycles. The van der Waals surface area contributed by atoms with Crippen LogP contribution in [0.1, 0.15) is 5.56 Å². The molecule has 1 N–H and O–H groups in total. The number of halogens is 2. The van der Waals surface area contributed by atoms with Crippen LogP contribution in [0, 0.1) is 5.82 Å². The van der Waals surface area contributed by atoms with Crippen LogP contribution in [-0.4, -0.2) is 22.4 Å². The summed E-state index contributed by atoms with van der Waals surface area (Å²) < 4.78 is 16.6. The Morgan fingerprint density at radius 1 is 0.707 bits per heavy atom. The fourth-order valence-electron chi connectivity index (χ4n) is 4.85. The highest BCUT2D eigenvalue weighted by Crippen LogP contribution is 2.38. The summed E-state index contributed by atoms with van der Waals surface area (Å²) in [6.45, 7) is 0. The van der Waals surface area contributed by atoms with E-state index in [4.69, 9.17) is 0 Å². The molecule has 0 unspecified atom stereocenters. The van der Waals surface area contributed by atoms with Gasteiger partial charge in [0.05, 0.1) is 17.1 Å². The second-order valence-electron chi connectivity index (χ2n) is 9.31. The SMILES string of the molecule is O=C1NC(=O)N(c2ccc(F)cc2)C(=O)/C1=C\c1cc(-c2ccccc2)n(-c2ccc(Br)cc2)c1-c1ccccc1. The summed E-state index contributed by atoms with van der Waals surface area (Å²) in [6, 6.07) is 33.3. The van der Waals surface area contributed by atoms with Crippen molar-refractivity contribution >= 4 is 45.5 Å². The van der Waals surface area contributed by atoms with E-state index in [2.05, 4.69) is 25.8 Å². The predicted octanol–water partition coefficient (Wildman–Crippen LogP) is 7.38. The van der Waals surface area contributed by atoms with E-state index in [-0.39, 0.29) is 11.3 Å². The van der Waals surface area contributed by atoms with Crippen molar-refractivity contribution in [3.05, 3.63) is 137 Å². The molecule has 0 spiro atoms. The minimum Gasteiger partial charge on any atom is -0.309 e. The number of nitrogens with zero attached hydrogens (tertiary/aromatic N) is 2. The van der Waals surface area contributed by atoms with Gasteiger partial charge in [-0.15, -0.1) is 0 Å². The number of urea groups is 1. The standard InChI is InChI=1S/C33H21BrFN3O3/c34-24-11-15-26(16-12-24)37-29(21-7-3-1-4-8-21)20-23(30(37)22-9-5-2-6-10-22)19-28-31(39)36-33(41)38(32(28)40)27-17-13-25(35)14-18-27/h1-20H,(H,36,39,41)/b28-19-. The molecule has 6 rings (SSSR count). The van der Waals surface area contributed by atoms with E-state index in [9.17, 15) is 18.8 Å². The van der Waals surface area contributed by atoms with Gasteiger partial charge in [0.1, 0.15) is 11.4 Å². The molecular weight excluding hydrogens is 585 g/mol. The maximum absolute atomic E-state index is 13.6. The normalized spacial score (nSPS) is 14.4. The van der Waals surface area contributed by atoms with Gasteiger partial charge in [-0.3, -0.25) is 14.9 Å². The Morgan fingerprint density at radius 2 is 1.29 bits per heavy atom.